The molecule has 0 unspecified atom stereocenters. The number of rotatable bonds is 1. The summed E-state index contributed by atoms with van der Waals surface area (Å²) in [6, 6.07) is 6.25. The summed E-state index contributed by atoms with van der Waals surface area (Å²) in [5, 5.41) is 10.9. The number of benzene rings is 1. The summed E-state index contributed by atoms with van der Waals surface area (Å²) >= 11 is 1.21. The number of hydroxylamine groups is 2. The molecule has 0 bridgehead atoms. The van der Waals surface area contributed by atoms with Crippen molar-refractivity contribution in [3.63, 3.8) is 0 Å². The lowest BCUT2D eigenvalue weighted by Gasteiger charge is -2.11. The van der Waals surface area contributed by atoms with Crippen LogP contribution in [0.2, 0.25) is 0 Å². The van der Waals surface area contributed by atoms with Crippen molar-refractivity contribution in [2.45, 2.75) is 6.10 Å². The number of nitrogens with zero attached hydrogens (tertiary/aromatic N) is 1. The fraction of sp³-hybridized carbons (Fsp3) is 0.250. The number of aliphatic hydroxyl groups is 1. The molecule has 1 aliphatic rings. The Morgan fingerprint density at radius 2 is 2.39 bits per heavy atom. The molecule has 0 saturated carbocycles. The lowest BCUT2D eigenvalue weighted by Crippen LogP contribution is -2.27. The van der Waals surface area contributed by atoms with E-state index >= 15 is 0 Å². The summed E-state index contributed by atoms with van der Waals surface area (Å²) in [5.74, 6) is -0.683. The van der Waals surface area contributed by atoms with E-state index in [0.717, 1.165) is 9.76 Å². The number of thiophene rings is 1. The third kappa shape index (κ3) is 1.88. The SMILES string of the molecule is O=C(c1cc2c(F)cccc2s1)N1C[C@@H](O)CO1. The maximum atomic E-state index is 13.5. The van der Waals surface area contributed by atoms with E-state index in [0.29, 0.717) is 10.3 Å². The van der Waals surface area contributed by atoms with Crippen molar-refractivity contribution < 1.29 is 19.1 Å². The number of β-amino-alcohol motifs (C(OH)–C–C–N with tert-alkyl or cyclic N) is 1. The third-order valence-electron chi connectivity index (χ3n) is 2.74. The summed E-state index contributed by atoms with van der Waals surface area (Å²) in [7, 11) is 0. The Hall–Kier alpha value is -1.50. The van der Waals surface area contributed by atoms with E-state index in [-0.39, 0.29) is 24.9 Å². The predicted octanol–water partition coefficient (Wildman–Crippen LogP) is 1.79. The molecular weight excluding hydrogens is 257 g/mol. The van der Waals surface area contributed by atoms with Gasteiger partial charge in [0.25, 0.3) is 5.91 Å². The molecule has 1 N–H and O–H groups in total. The smallest absolute Gasteiger partial charge is 0.287 e. The second-order valence-corrected chi connectivity index (χ2v) is 5.16. The summed E-state index contributed by atoms with van der Waals surface area (Å²) in [4.78, 5) is 17.5. The fourth-order valence-corrected chi connectivity index (χ4v) is 2.88. The van der Waals surface area contributed by atoms with Gasteiger partial charge in [-0.05, 0) is 18.2 Å². The van der Waals surface area contributed by atoms with Crippen LogP contribution in [0.1, 0.15) is 9.67 Å². The predicted molar refractivity (Wildman–Crippen MR) is 64.8 cm³/mol. The lowest BCUT2D eigenvalue weighted by molar-refractivity contribution is -0.0776. The monoisotopic (exact) mass is 267 g/mol. The van der Waals surface area contributed by atoms with E-state index in [1.54, 1.807) is 12.1 Å². The van der Waals surface area contributed by atoms with E-state index in [1.165, 1.54) is 23.5 Å². The van der Waals surface area contributed by atoms with Crippen molar-refractivity contribution in [1.29, 1.82) is 0 Å². The highest BCUT2D eigenvalue weighted by atomic mass is 32.1. The zero-order chi connectivity index (χ0) is 12.7. The largest absolute Gasteiger partial charge is 0.389 e. The Kier molecular flexibility index (Phi) is 2.77. The molecule has 94 valence electrons. The Bertz CT molecular complexity index is 612. The van der Waals surface area contributed by atoms with E-state index in [4.69, 9.17) is 4.84 Å². The number of hydrogen-bond acceptors (Lipinski definition) is 4. The number of carbonyl (C=O) groups is 1. The first-order chi connectivity index (χ1) is 8.65. The minimum Gasteiger partial charge on any atom is -0.389 e. The maximum absolute atomic E-state index is 13.5. The lowest BCUT2D eigenvalue weighted by atomic mass is 10.2. The van der Waals surface area contributed by atoms with Crippen LogP contribution in [-0.2, 0) is 4.84 Å². The molecule has 1 aromatic heterocycles. The van der Waals surface area contributed by atoms with Crippen LogP contribution in [0.25, 0.3) is 10.1 Å². The summed E-state index contributed by atoms with van der Waals surface area (Å²) < 4.78 is 14.2. The van der Waals surface area contributed by atoms with E-state index in [1.807, 2.05) is 0 Å². The van der Waals surface area contributed by atoms with Crippen LogP contribution in [0.15, 0.2) is 24.3 Å². The van der Waals surface area contributed by atoms with Crippen molar-refractivity contribution in [3.8, 4) is 0 Å². The molecule has 1 fully saturated rings. The van der Waals surface area contributed by atoms with Gasteiger partial charge >= 0.3 is 0 Å². The van der Waals surface area contributed by atoms with Gasteiger partial charge < -0.3 is 5.11 Å². The van der Waals surface area contributed by atoms with Gasteiger partial charge in [-0.25, -0.2) is 9.45 Å². The van der Waals surface area contributed by atoms with Gasteiger partial charge in [-0.3, -0.25) is 9.63 Å². The number of hydrogen-bond donors (Lipinski definition) is 1. The highest BCUT2D eigenvalue weighted by molar-refractivity contribution is 7.20. The molecule has 4 nitrogen and oxygen atoms in total. The normalized spacial score (nSPS) is 19.7. The summed E-state index contributed by atoms with van der Waals surface area (Å²) in [6.07, 6.45) is -0.653. The Labute approximate surface area is 106 Å². The Morgan fingerprint density at radius 3 is 3.06 bits per heavy atom. The van der Waals surface area contributed by atoms with Gasteiger partial charge in [0.05, 0.1) is 11.4 Å². The molecule has 6 heteroatoms. The molecule has 3 rings (SSSR count). The van der Waals surface area contributed by atoms with Crippen LogP contribution < -0.4 is 0 Å². The van der Waals surface area contributed by atoms with Gasteiger partial charge in [0, 0.05) is 10.1 Å². The van der Waals surface area contributed by atoms with Crippen molar-refractivity contribution in [2.24, 2.45) is 0 Å². The number of amides is 1. The number of carbonyl (C=O) groups excluding carboxylic acids is 1. The van der Waals surface area contributed by atoms with Crippen LogP contribution in [0.5, 0.6) is 0 Å². The number of halogens is 1. The quantitative estimate of drug-likeness (QED) is 0.857. The van der Waals surface area contributed by atoms with Crippen LogP contribution >= 0.6 is 11.3 Å². The molecule has 1 atom stereocenters. The molecule has 1 aromatic carbocycles. The molecular formula is C12H10FNO3S. The molecule has 2 aromatic rings. The van der Waals surface area contributed by atoms with Gasteiger partial charge in [0.2, 0.25) is 0 Å². The van der Waals surface area contributed by atoms with Crippen molar-refractivity contribution in [1.82, 2.24) is 5.06 Å². The highest BCUT2D eigenvalue weighted by Crippen LogP contribution is 2.29. The van der Waals surface area contributed by atoms with Crippen LogP contribution in [-0.4, -0.2) is 35.3 Å². The second kappa shape index (κ2) is 4.31. The average Bonchev–Trinajstić information content (AvgIpc) is 2.95. The van der Waals surface area contributed by atoms with Crippen LogP contribution in [0.3, 0.4) is 0 Å². The molecule has 0 spiro atoms. The van der Waals surface area contributed by atoms with Crippen molar-refractivity contribution >= 4 is 27.3 Å². The first-order valence-corrected chi connectivity index (χ1v) is 6.27. The average molecular weight is 267 g/mol. The highest BCUT2D eigenvalue weighted by Gasteiger charge is 2.28. The number of fused-ring (bicyclic) bond motifs is 1. The molecule has 0 radical (unpaired) electrons. The van der Waals surface area contributed by atoms with Gasteiger partial charge in [-0.15, -0.1) is 11.3 Å². The minimum absolute atomic E-state index is 0.116. The first kappa shape index (κ1) is 11.6. The molecule has 1 saturated heterocycles. The zero-order valence-electron chi connectivity index (χ0n) is 9.30. The minimum atomic E-state index is -0.653. The van der Waals surface area contributed by atoms with E-state index in [9.17, 15) is 14.3 Å². The van der Waals surface area contributed by atoms with Gasteiger partial charge in [-0.1, -0.05) is 6.07 Å². The zero-order valence-corrected chi connectivity index (χ0v) is 10.1. The van der Waals surface area contributed by atoms with Gasteiger partial charge in [-0.2, -0.15) is 0 Å². The molecule has 0 aliphatic carbocycles. The topological polar surface area (TPSA) is 49.8 Å². The van der Waals surface area contributed by atoms with Gasteiger partial charge in [0.1, 0.15) is 18.5 Å². The first-order valence-electron chi connectivity index (χ1n) is 5.46. The van der Waals surface area contributed by atoms with Crippen LogP contribution in [0.4, 0.5) is 4.39 Å². The van der Waals surface area contributed by atoms with Crippen LogP contribution in [0, 0.1) is 5.82 Å². The Balaban J connectivity index is 1.95. The molecule has 2 heterocycles. The summed E-state index contributed by atoms with van der Waals surface area (Å²) in [6.45, 7) is 0.264. The molecule has 1 aliphatic heterocycles. The maximum Gasteiger partial charge on any atom is 0.287 e. The van der Waals surface area contributed by atoms with Gasteiger partial charge in [0.15, 0.2) is 0 Å². The standard InChI is InChI=1S/C12H10FNO3S/c13-9-2-1-3-10-8(9)4-11(18-10)12(16)14-5-7(15)6-17-14/h1-4,7,15H,5-6H2/t7-/m1/s1. The Morgan fingerprint density at radius 1 is 1.56 bits per heavy atom. The third-order valence-corrected chi connectivity index (χ3v) is 3.83. The fourth-order valence-electron chi connectivity index (χ4n) is 1.87. The molecule has 1 amide bonds. The van der Waals surface area contributed by atoms with Crippen molar-refractivity contribution in [2.75, 3.05) is 13.2 Å². The van der Waals surface area contributed by atoms with E-state index in [2.05, 4.69) is 0 Å². The number of aliphatic hydroxyl groups excluding tert-OH is 1. The second-order valence-electron chi connectivity index (χ2n) is 4.08. The van der Waals surface area contributed by atoms with Crippen molar-refractivity contribution in [3.05, 3.63) is 35.0 Å². The van der Waals surface area contributed by atoms with E-state index < -0.39 is 6.10 Å². The summed E-state index contributed by atoms with van der Waals surface area (Å²) in [5.41, 5.74) is 0. The molecule has 18 heavy (non-hydrogen) atoms.